The molecule has 0 aliphatic rings. The molecular weight excluding hydrogens is 323 g/mol. The summed E-state index contributed by atoms with van der Waals surface area (Å²) in [5, 5.41) is 4.98. The number of halogens is 3. The number of aliphatic imine (C=N–C) groups is 1. The molecule has 1 heterocycles. The molecule has 0 fully saturated rings. The summed E-state index contributed by atoms with van der Waals surface area (Å²) in [5.74, 6) is 0.518. The zero-order chi connectivity index (χ0) is 17.0. The number of anilines is 1. The molecule has 1 aromatic heterocycles. The van der Waals surface area contributed by atoms with Crippen molar-refractivity contribution in [3.8, 4) is 0 Å². The van der Waals surface area contributed by atoms with E-state index in [1.165, 1.54) is 23.5 Å². The molecule has 2 aromatic rings. The van der Waals surface area contributed by atoms with Gasteiger partial charge in [-0.1, -0.05) is 18.2 Å². The average Bonchev–Trinajstić information content (AvgIpc) is 2.88. The van der Waals surface area contributed by atoms with Gasteiger partial charge in [-0.25, -0.2) is 0 Å². The minimum atomic E-state index is -4.39. The molecule has 0 unspecified atom stereocenters. The van der Waals surface area contributed by atoms with Gasteiger partial charge in [-0.3, -0.25) is 4.99 Å². The third kappa shape index (κ3) is 4.48. The number of nitrogens with two attached hydrogens (primary N) is 1. The van der Waals surface area contributed by atoms with Gasteiger partial charge in [0.25, 0.3) is 0 Å². The SMILES string of the molecule is CC(C)NC(=NCc1ccccc1C(F)(F)F)c1sccc1N. The van der Waals surface area contributed by atoms with Crippen molar-refractivity contribution in [1.82, 2.24) is 5.32 Å². The second-order valence-electron chi connectivity index (χ2n) is 5.32. The molecular formula is C16H18F3N3S. The Kier molecular flexibility index (Phi) is 5.30. The van der Waals surface area contributed by atoms with E-state index >= 15 is 0 Å². The molecule has 7 heteroatoms. The zero-order valence-corrected chi connectivity index (χ0v) is 13.6. The van der Waals surface area contributed by atoms with E-state index < -0.39 is 11.7 Å². The minimum absolute atomic E-state index is 0.0674. The van der Waals surface area contributed by atoms with Crippen LogP contribution in [0.2, 0.25) is 0 Å². The van der Waals surface area contributed by atoms with E-state index in [0.717, 1.165) is 10.9 Å². The monoisotopic (exact) mass is 341 g/mol. The Morgan fingerprint density at radius 2 is 1.96 bits per heavy atom. The minimum Gasteiger partial charge on any atom is -0.397 e. The van der Waals surface area contributed by atoms with Crippen molar-refractivity contribution < 1.29 is 13.2 Å². The molecule has 0 aliphatic carbocycles. The summed E-state index contributed by atoms with van der Waals surface area (Å²) in [6, 6.07) is 7.31. The number of benzene rings is 1. The highest BCUT2D eigenvalue weighted by atomic mass is 32.1. The van der Waals surface area contributed by atoms with Gasteiger partial charge in [-0.2, -0.15) is 13.2 Å². The summed E-state index contributed by atoms with van der Waals surface area (Å²) in [6.07, 6.45) is -4.39. The van der Waals surface area contributed by atoms with Gasteiger partial charge in [0.1, 0.15) is 5.84 Å². The van der Waals surface area contributed by atoms with Crippen LogP contribution >= 0.6 is 11.3 Å². The molecule has 0 radical (unpaired) electrons. The van der Waals surface area contributed by atoms with Crippen LogP contribution in [0.5, 0.6) is 0 Å². The van der Waals surface area contributed by atoms with Crippen LogP contribution in [0.1, 0.15) is 29.9 Å². The summed E-state index contributed by atoms with van der Waals surface area (Å²) in [7, 11) is 0. The first kappa shape index (κ1) is 17.3. The van der Waals surface area contributed by atoms with Crippen LogP contribution in [0.4, 0.5) is 18.9 Å². The first-order chi connectivity index (χ1) is 10.8. The third-order valence-corrected chi connectivity index (χ3v) is 4.00. The number of hydrogen-bond donors (Lipinski definition) is 2. The van der Waals surface area contributed by atoms with Gasteiger partial charge in [-0.15, -0.1) is 11.3 Å². The molecule has 0 aliphatic heterocycles. The normalized spacial score (nSPS) is 12.7. The van der Waals surface area contributed by atoms with E-state index in [2.05, 4.69) is 10.3 Å². The van der Waals surface area contributed by atoms with Crippen molar-refractivity contribution >= 4 is 22.9 Å². The Morgan fingerprint density at radius 1 is 1.26 bits per heavy atom. The second kappa shape index (κ2) is 7.04. The maximum Gasteiger partial charge on any atom is 0.416 e. The Morgan fingerprint density at radius 3 is 2.52 bits per heavy atom. The number of nitrogens with zero attached hydrogens (tertiary/aromatic N) is 1. The van der Waals surface area contributed by atoms with Crippen LogP contribution in [0, 0.1) is 0 Å². The maximum absolute atomic E-state index is 13.0. The van der Waals surface area contributed by atoms with Gasteiger partial charge in [0.15, 0.2) is 0 Å². The van der Waals surface area contributed by atoms with Gasteiger partial charge in [0.2, 0.25) is 0 Å². The fraction of sp³-hybridized carbons (Fsp3) is 0.312. The quantitative estimate of drug-likeness (QED) is 0.644. The highest BCUT2D eigenvalue weighted by molar-refractivity contribution is 7.12. The molecule has 3 N–H and O–H groups in total. The molecule has 124 valence electrons. The predicted molar refractivity (Wildman–Crippen MR) is 88.7 cm³/mol. The molecule has 0 amide bonds. The second-order valence-corrected chi connectivity index (χ2v) is 6.24. The molecule has 23 heavy (non-hydrogen) atoms. The van der Waals surface area contributed by atoms with Crippen molar-refractivity contribution in [1.29, 1.82) is 0 Å². The van der Waals surface area contributed by atoms with Crippen molar-refractivity contribution in [3.05, 3.63) is 51.7 Å². The van der Waals surface area contributed by atoms with Crippen LogP contribution in [0.3, 0.4) is 0 Å². The van der Waals surface area contributed by atoms with Crippen LogP contribution in [-0.4, -0.2) is 11.9 Å². The number of thiophene rings is 1. The molecule has 3 nitrogen and oxygen atoms in total. The fourth-order valence-corrected chi connectivity index (χ4v) is 2.86. The summed E-state index contributed by atoms with van der Waals surface area (Å²) in [4.78, 5) is 5.09. The lowest BCUT2D eigenvalue weighted by Gasteiger charge is -2.14. The van der Waals surface area contributed by atoms with Gasteiger partial charge in [-0.05, 0) is 36.9 Å². The van der Waals surface area contributed by atoms with E-state index in [1.807, 2.05) is 19.2 Å². The van der Waals surface area contributed by atoms with Crippen LogP contribution in [-0.2, 0) is 12.7 Å². The molecule has 0 bridgehead atoms. The topological polar surface area (TPSA) is 50.4 Å². The Balaban J connectivity index is 2.34. The van der Waals surface area contributed by atoms with Crippen molar-refractivity contribution in [3.63, 3.8) is 0 Å². The van der Waals surface area contributed by atoms with Crippen molar-refractivity contribution in [2.24, 2.45) is 4.99 Å². The number of rotatable bonds is 4. The number of alkyl halides is 3. The molecule has 0 saturated carbocycles. The summed E-state index contributed by atoms with van der Waals surface area (Å²) >= 11 is 1.40. The predicted octanol–water partition coefficient (Wildman–Crippen LogP) is 4.29. The largest absolute Gasteiger partial charge is 0.416 e. The molecule has 1 aromatic carbocycles. The lowest BCUT2D eigenvalue weighted by atomic mass is 10.1. The lowest BCUT2D eigenvalue weighted by Crippen LogP contribution is -2.31. The number of amidine groups is 1. The summed E-state index contributed by atoms with van der Waals surface area (Å²) in [5.41, 5.74) is 5.93. The molecule has 0 saturated heterocycles. The third-order valence-electron chi connectivity index (χ3n) is 3.07. The van der Waals surface area contributed by atoms with Crippen LogP contribution in [0.15, 0.2) is 40.7 Å². The highest BCUT2D eigenvalue weighted by Gasteiger charge is 2.32. The van der Waals surface area contributed by atoms with Gasteiger partial charge in [0.05, 0.1) is 22.7 Å². The highest BCUT2D eigenvalue weighted by Crippen LogP contribution is 2.32. The van der Waals surface area contributed by atoms with E-state index in [1.54, 1.807) is 12.1 Å². The zero-order valence-electron chi connectivity index (χ0n) is 12.8. The van der Waals surface area contributed by atoms with E-state index in [9.17, 15) is 13.2 Å². The number of nitrogens with one attached hydrogen (secondary N) is 1. The molecule has 2 rings (SSSR count). The first-order valence-corrected chi connectivity index (χ1v) is 7.96. The molecule has 0 atom stereocenters. The fourth-order valence-electron chi connectivity index (χ4n) is 2.07. The van der Waals surface area contributed by atoms with Crippen molar-refractivity contribution in [2.45, 2.75) is 32.6 Å². The number of nitrogen functional groups attached to an aromatic ring is 1. The Bertz CT molecular complexity index is 690. The first-order valence-electron chi connectivity index (χ1n) is 7.08. The standard InChI is InChI=1S/C16H18F3N3S/c1-10(2)22-15(14-13(20)7-8-23-14)21-9-11-5-3-4-6-12(11)16(17,18)19/h3-8,10H,9,20H2,1-2H3,(H,21,22). The van der Waals surface area contributed by atoms with E-state index in [4.69, 9.17) is 5.73 Å². The lowest BCUT2D eigenvalue weighted by molar-refractivity contribution is -0.138. The molecule has 0 spiro atoms. The number of hydrogen-bond acceptors (Lipinski definition) is 3. The van der Waals surface area contributed by atoms with Gasteiger partial charge >= 0.3 is 6.18 Å². The van der Waals surface area contributed by atoms with Crippen LogP contribution in [0.25, 0.3) is 0 Å². The van der Waals surface area contributed by atoms with E-state index in [-0.39, 0.29) is 18.2 Å². The van der Waals surface area contributed by atoms with Gasteiger partial charge < -0.3 is 11.1 Å². The average molecular weight is 341 g/mol. The summed E-state index contributed by atoms with van der Waals surface area (Å²) < 4.78 is 39.1. The Labute approximate surface area is 137 Å². The summed E-state index contributed by atoms with van der Waals surface area (Å²) in [6.45, 7) is 3.80. The van der Waals surface area contributed by atoms with Gasteiger partial charge in [0, 0.05) is 6.04 Å². The van der Waals surface area contributed by atoms with E-state index in [0.29, 0.717) is 11.5 Å². The van der Waals surface area contributed by atoms with Crippen molar-refractivity contribution in [2.75, 3.05) is 5.73 Å². The van der Waals surface area contributed by atoms with Crippen LogP contribution < -0.4 is 11.1 Å². The Hall–Kier alpha value is -2.02. The maximum atomic E-state index is 13.0. The smallest absolute Gasteiger partial charge is 0.397 e.